The summed E-state index contributed by atoms with van der Waals surface area (Å²) in [4.78, 5) is 28.5. The highest BCUT2D eigenvalue weighted by Crippen LogP contribution is 2.13. The first-order chi connectivity index (χ1) is 7.40. The molecular weight excluding hydrogens is 229 g/mol. The van der Waals surface area contributed by atoms with Crippen LogP contribution in [0.5, 0.6) is 0 Å². The van der Waals surface area contributed by atoms with E-state index in [1.54, 1.807) is 0 Å². The van der Waals surface area contributed by atoms with Crippen molar-refractivity contribution >= 4 is 5.91 Å². The number of H-pyrrole nitrogens is 1. The predicted molar refractivity (Wildman–Crippen MR) is 46.5 cm³/mol. The number of alkyl halides is 3. The van der Waals surface area contributed by atoms with Gasteiger partial charge < -0.3 is 4.98 Å². The maximum atomic E-state index is 11.6. The Kier molecular flexibility index (Phi) is 3.67. The summed E-state index contributed by atoms with van der Waals surface area (Å²) in [6.07, 6.45) is -2.19. The van der Waals surface area contributed by atoms with Crippen molar-refractivity contribution in [1.29, 1.82) is 0 Å². The lowest BCUT2D eigenvalue weighted by Crippen LogP contribution is -2.32. The molecule has 0 aliphatic heterocycles. The van der Waals surface area contributed by atoms with Crippen LogP contribution in [0.3, 0.4) is 0 Å². The normalized spacial score (nSPS) is 11.2. The topological polar surface area (TPSA) is 71.2 Å². The number of pyridine rings is 1. The summed E-state index contributed by atoms with van der Waals surface area (Å²) in [5.74, 6) is -1.04. The van der Waals surface area contributed by atoms with E-state index in [0.717, 1.165) is 12.3 Å². The van der Waals surface area contributed by atoms with Crippen LogP contribution in [-0.2, 0) is 4.84 Å². The van der Waals surface area contributed by atoms with Crippen LogP contribution in [0.1, 0.15) is 10.4 Å². The molecular formula is C8H7F3N2O3. The van der Waals surface area contributed by atoms with Gasteiger partial charge in [0.05, 0.1) is 0 Å². The number of hydrogen-bond donors (Lipinski definition) is 2. The standard InChI is InChI=1S/C8H7F3N2O3/c9-8(10,11)4-16-13-7(15)5-3-12-2-1-6(5)14/h1-3H,4H2,(H,12,14)(H,13,15). The zero-order chi connectivity index (χ0) is 12.2. The number of halogens is 3. The monoisotopic (exact) mass is 236 g/mol. The van der Waals surface area contributed by atoms with Crippen molar-refractivity contribution in [2.45, 2.75) is 6.18 Å². The number of hydroxylamine groups is 1. The molecule has 0 aromatic carbocycles. The van der Waals surface area contributed by atoms with Crippen molar-refractivity contribution in [2.75, 3.05) is 6.61 Å². The maximum absolute atomic E-state index is 11.6. The summed E-state index contributed by atoms with van der Waals surface area (Å²) < 4.78 is 34.9. The summed E-state index contributed by atoms with van der Waals surface area (Å²) in [6, 6.07) is 1.07. The molecule has 0 saturated carbocycles. The quantitative estimate of drug-likeness (QED) is 0.755. The lowest BCUT2D eigenvalue weighted by molar-refractivity contribution is -0.184. The second-order valence-corrected chi connectivity index (χ2v) is 2.76. The minimum Gasteiger partial charge on any atom is -0.367 e. The molecule has 0 unspecified atom stereocenters. The van der Waals surface area contributed by atoms with Crippen LogP contribution in [0.15, 0.2) is 23.3 Å². The van der Waals surface area contributed by atoms with Crippen LogP contribution in [0.4, 0.5) is 13.2 Å². The molecule has 0 atom stereocenters. The van der Waals surface area contributed by atoms with Crippen molar-refractivity contribution in [2.24, 2.45) is 0 Å². The molecule has 1 amide bonds. The summed E-state index contributed by atoms with van der Waals surface area (Å²) in [5, 5.41) is 0. The largest absolute Gasteiger partial charge is 0.414 e. The Hall–Kier alpha value is -1.83. The first-order valence-corrected chi connectivity index (χ1v) is 4.06. The fourth-order valence-corrected chi connectivity index (χ4v) is 0.832. The van der Waals surface area contributed by atoms with Crippen molar-refractivity contribution in [3.8, 4) is 0 Å². The average molecular weight is 236 g/mol. The molecule has 0 bridgehead atoms. The average Bonchev–Trinajstić information content (AvgIpc) is 2.16. The third-order valence-corrected chi connectivity index (χ3v) is 1.47. The number of amides is 1. The smallest absolute Gasteiger partial charge is 0.367 e. The first kappa shape index (κ1) is 12.2. The summed E-state index contributed by atoms with van der Waals surface area (Å²) in [5.41, 5.74) is 0.570. The zero-order valence-corrected chi connectivity index (χ0v) is 7.80. The van der Waals surface area contributed by atoms with Gasteiger partial charge in [0.2, 0.25) is 0 Å². The molecule has 16 heavy (non-hydrogen) atoms. The van der Waals surface area contributed by atoms with Gasteiger partial charge in [-0.05, 0) is 0 Å². The van der Waals surface area contributed by atoms with Crippen LogP contribution in [0.2, 0.25) is 0 Å². The minimum absolute atomic E-state index is 0.329. The fourth-order valence-electron chi connectivity index (χ4n) is 0.832. The van der Waals surface area contributed by atoms with Gasteiger partial charge in [0.15, 0.2) is 12.0 Å². The molecule has 0 saturated heterocycles. The van der Waals surface area contributed by atoms with Gasteiger partial charge in [-0.2, -0.15) is 13.2 Å². The second kappa shape index (κ2) is 4.79. The Morgan fingerprint density at radius 1 is 1.50 bits per heavy atom. The molecule has 1 aromatic heterocycles. The predicted octanol–water partition coefficient (Wildman–Crippen LogP) is 0.599. The van der Waals surface area contributed by atoms with E-state index >= 15 is 0 Å². The number of aromatic nitrogens is 1. The van der Waals surface area contributed by atoms with Gasteiger partial charge in [-0.15, -0.1) is 0 Å². The first-order valence-electron chi connectivity index (χ1n) is 4.06. The van der Waals surface area contributed by atoms with Gasteiger partial charge in [0.25, 0.3) is 5.91 Å². The van der Waals surface area contributed by atoms with Gasteiger partial charge in [0.1, 0.15) is 5.56 Å². The molecule has 0 aliphatic rings. The van der Waals surface area contributed by atoms with E-state index in [-0.39, 0.29) is 5.56 Å². The third kappa shape index (κ3) is 3.73. The molecule has 0 aliphatic carbocycles. The Balaban J connectivity index is 2.55. The van der Waals surface area contributed by atoms with Gasteiger partial charge in [-0.25, -0.2) is 5.48 Å². The highest BCUT2D eigenvalue weighted by atomic mass is 19.4. The van der Waals surface area contributed by atoms with Crippen LogP contribution >= 0.6 is 0 Å². The number of carbonyl (C=O) groups excluding carboxylic acids is 1. The van der Waals surface area contributed by atoms with Crippen LogP contribution in [0.25, 0.3) is 0 Å². The number of hydrogen-bond acceptors (Lipinski definition) is 3. The van der Waals surface area contributed by atoms with E-state index in [4.69, 9.17) is 0 Å². The van der Waals surface area contributed by atoms with E-state index in [0.29, 0.717) is 0 Å². The Morgan fingerprint density at radius 2 is 2.19 bits per heavy atom. The number of aromatic amines is 1. The molecule has 1 rings (SSSR count). The lowest BCUT2D eigenvalue weighted by atomic mass is 10.3. The molecule has 88 valence electrons. The van der Waals surface area contributed by atoms with Crippen LogP contribution < -0.4 is 10.9 Å². The lowest BCUT2D eigenvalue weighted by Gasteiger charge is -2.07. The van der Waals surface area contributed by atoms with E-state index in [1.165, 1.54) is 11.7 Å². The second-order valence-electron chi connectivity index (χ2n) is 2.76. The van der Waals surface area contributed by atoms with Gasteiger partial charge in [0, 0.05) is 18.5 Å². The number of rotatable bonds is 3. The molecule has 1 heterocycles. The van der Waals surface area contributed by atoms with Crippen molar-refractivity contribution in [1.82, 2.24) is 10.5 Å². The van der Waals surface area contributed by atoms with E-state index < -0.39 is 24.1 Å². The van der Waals surface area contributed by atoms with Crippen molar-refractivity contribution in [3.05, 3.63) is 34.2 Å². The SMILES string of the molecule is O=C(NOCC(F)(F)F)c1c[nH]ccc1=O. The highest BCUT2D eigenvalue weighted by molar-refractivity contribution is 5.92. The summed E-state index contributed by atoms with van der Waals surface area (Å²) >= 11 is 0. The fraction of sp³-hybridized carbons (Fsp3) is 0.250. The van der Waals surface area contributed by atoms with Crippen LogP contribution in [0, 0.1) is 0 Å². The van der Waals surface area contributed by atoms with Crippen molar-refractivity contribution < 1.29 is 22.8 Å². The molecule has 0 spiro atoms. The summed E-state index contributed by atoms with van der Waals surface area (Å²) in [6.45, 7) is -1.62. The molecule has 5 nitrogen and oxygen atoms in total. The van der Waals surface area contributed by atoms with Gasteiger partial charge in [-0.1, -0.05) is 0 Å². The van der Waals surface area contributed by atoms with E-state index in [2.05, 4.69) is 9.82 Å². The zero-order valence-electron chi connectivity index (χ0n) is 7.80. The Labute approximate surface area is 87.2 Å². The number of carbonyl (C=O) groups is 1. The van der Waals surface area contributed by atoms with E-state index in [9.17, 15) is 22.8 Å². The van der Waals surface area contributed by atoms with Crippen molar-refractivity contribution in [3.63, 3.8) is 0 Å². The molecule has 8 heteroatoms. The van der Waals surface area contributed by atoms with Gasteiger partial charge in [-0.3, -0.25) is 14.4 Å². The Bertz CT molecular complexity index is 427. The maximum Gasteiger partial charge on any atom is 0.414 e. The molecule has 1 aromatic rings. The van der Waals surface area contributed by atoms with Crippen LogP contribution in [-0.4, -0.2) is 23.7 Å². The van der Waals surface area contributed by atoms with Gasteiger partial charge >= 0.3 is 6.18 Å². The number of nitrogens with one attached hydrogen (secondary N) is 2. The summed E-state index contributed by atoms with van der Waals surface area (Å²) in [7, 11) is 0. The highest BCUT2D eigenvalue weighted by Gasteiger charge is 2.28. The molecule has 0 fully saturated rings. The minimum atomic E-state index is -4.55. The van der Waals surface area contributed by atoms with E-state index in [1.807, 2.05) is 0 Å². The molecule has 0 radical (unpaired) electrons. The third-order valence-electron chi connectivity index (χ3n) is 1.47. The Morgan fingerprint density at radius 3 is 2.75 bits per heavy atom. The molecule has 2 N–H and O–H groups in total.